The van der Waals surface area contributed by atoms with Gasteiger partial charge in [-0.2, -0.15) is 0 Å². The van der Waals surface area contributed by atoms with Crippen LogP contribution in [0.4, 0.5) is 5.82 Å². The molecule has 18 heavy (non-hydrogen) atoms. The summed E-state index contributed by atoms with van der Waals surface area (Å²) in [7, 11) is 0. The van der Waals surface area contributed by atoms with Gasteiger partial charge in [0.15, 0.2) is 0 Å². The van der Waals surface area contributed by atoms with Gasteiger partial charge in [0.2, 0.25) is 0 Å². The van der Waals surface area contributed by atoms with Gasteiger partial charge in [0, 0.05) is 25.3 Å². The first-order chi connectivity index (χ1) is 8.52. The average molecular weight is 247 g/mol. The Morgan fingerprint density at radius 2 is 2.17 bits per heavy atom. The highest BCUT2D eigenvalue weighted by Gasteiger charge is 2.29. The highest BCUT2D eigenvalue weighted by Crippen LogP contribution is 2.31. The van der Waals surface area contributed by atoms with Crippen molar-refractivity contribution in [3.8, 4) is 0 Å². The zero-order chi connectivity index (χ0) is 13.2. The smallest absolute Gasteiger partial charge is 0.128 e. The van der Waals surface area contributed by atoms with E-state index >= 15 is 0 Å². The molecule has 1 aromatic rings. The van der Waals surface area contributed by atoms with Crippen LogP contribution in [0.15, 0.2) is 12.1 Å². The Kier molecular flexibility index (Phi) is 3.91. The van der Waals surface area contributed by atoms with E-state index in [-0.39, 0.29) is 0 Å². The van der Waals surface area contributed by atoms with Crippen LogP contribution >= 0.6 is 0 Å². The van der Waals surface area contributed by atoms with Crippen molar-refractivity contribution in [3.63, 3.8) is 0 Å². The lowest BCUT2D eigenvalue weighted by atomic mass is 9.93. The number of hydrogen-bond donors (Lipinski definition) is 1. The van der Waals surface area contributed by atoms with Crippen molar-refractivity contribution in [1.29, 1.82) is 0 Å². The second kappa shape index (κ2) is 5.27. The van der Waals surface area contributed by atoms with E-state index in [2.05, 4.69) is 50.0 Å². The molecule has 0 saturated carbocycles. The maximum Gasteiger partial charge on any atom is 0.128 e. The minimum absolute atomic E-state index is 0.429. The first kappa shape index (κ1) is 13.3. The van der Waals surface area contributed by atoms with Gasteiger partial charge in [0.25, 0.3) is 0 Å². The van der Waals surface area contributed by atoms with E-state index in [4.69, 9.17) is 4.98 Å². The van der Waals surface area contributed by atoms with E-state index in [0.717, 1.165) is 37.7 Å². The van der Waals surface area contributed by atoms with Crippen LogP contribution in [0.3, 0.4) is 0 Å². The molecule has 2 rings (SSSR count). The minimum atomic E-state index is 0.429. The van der Waals surface area contributed by atoms with Gasteiger partial charge in [-0.25, -0.2) is 4.98 Å². The molecule has 0 aliphatic carbocycles. The number of pyridine rings is 1. The Morgan fingerprint density at radius 3 is 2.72 bits per heavy atom. The summed E-state index contributed by atoms with van der Waals surface area (Å²) in [5.41, 5.74) is 2.88. The van der Waals surface area contributed by atoms with Gasteiger partial charge in [-0.05, 0) is 36.9 Å². The summed E-state index contributed by atoms with van der Waals surface area (Å²) >= 11 is 0. The van der Waals surface area contributed by atoms with Crippen LogP contribution in [0.5, 0.6) is 0 Å². The Hall–Kier alpha value is -1.09. The van der Waals surface area contributed by atoms with Crippen molar-refractivity contribution in [2.24, 2.45) is 5.41 Å². The molecule has 0 atom stereocenters. The largest absolute Gasteiger partial charge is 0.356 e. The van der Waals surface area contributed by atoms with Gasteiger partial charge in [-0.3, -0.25) is 0 Å². The number of rotatable bonds is 4. The van der Waals surface area contributed by atoms with E-state index < -0.39 is 0 Å². The summed E-state index contributed by atoms with van der Waals surface area (Å²) in [5, 5.41) is 3.35. The fraction of sp³-hybridized carbons (Fsp3) is 0.667. The molecule has 0 aromatic carbocycles. The summed E-state index contributed by atoms with van der Waals surface area (Å²) in [5.74, 6) is 1.14. The van der Waals surface area contributed by atoms with Crippen molar-refractivity contribution in [1.82, 2.24) is 10.3 Å². The monoisotopic (exact) mass is 247 g/mol. The summed E-state index contributed by atoms with van der Waals surface area (Å²) in [6.07, 6.45) is 1.26. The van der Waals surface area contributed by atoms with Crippen LogP contribution < -0.4 is 10.2 Å². The maximum atomic E-state index is 4.76. The lowest BCUT2D eigenvalue weighted by Crippen LogP contribution is -2.24. The highest BCUT2D eigenvalue weighted by molar-refractivity contribution is 5.43. The van der Waals surface area contributed by atoms with Gasteiger partial charge in [-0.15, -0.1) is 0 Å². The first-order valence-corrected chi connectivity index (χ1v) is 6.94. The Bertz CT molecular complexity index is 412. The molecule has 1 aromatic heterocycles. The van der Waals surface area contributed by atoms with Crippen molar-refractivity contribution < 1.29 is 0 Å². The Labute approximate surface area is 111 Å². The van der Waals surface area contributed by atoms with Crippen LogP contribution in [0.2, 0.25) is 0 Å². The van der Waals surface area contributed by atoms with Crippen molar-refractivity contribution in [2.45, 2.75) is 40.7 Å². The van der Waals surface area contributed by atoms with Gasteiger partial charge in [-0.1, -0.05) is 26.8 Å². The first-order valence-electron chi connectivity index (χ1n) is 6.94. The van der Waals surface area contributed by atoms with E-state index in [1.807, 2.05) is 0 Å². The fourth-order valence-electron chi connectivity index (χ4n) is 2.51. The SMILES string of the molecule is CCNCc1ccc(N2CCC(C)(C)C2)nc1C. The number of hydrogen-bond acceptors (Lipinski definition) is 3. The zero-order valence-electron chi connectivity index (χ0n) is 12.1. The number of aromatic nitrogens is 1. The second-order valence-corrected chi connectivity index (χ2v) is 6.03. The molecule has 1 saturated heterocycles. The third-order valence-corrected chi connectivity index (χ3v) is 3.75. The molecule has 2 heterocycles. The molecule has 1 aliphatic heterocycles. The number of anilines is 1. The summed E-state index contributed by atoms with van der Waals surface area (Å²) in [6, 6.07) is 4.38. The Morgan fingerprint density at radius 1 is 1.39 bits per heavy atom. The summed E-state index contributed by atoms with van der Waals surface area (Å²) in [6.45, 7) is 13.1. The molecular formula is C15H25N3. The van der Waals surface area contributed by atoms with Crippen LogP contribution in [0.1, 0.15) is 38.4 Å². The molecular weight excluding hydrogens is 222 g/mol. The van der Waals surface area contributed by atoms with Crippen LogP contribution in [-0.2, 0) is 6.54 Å². The van der Waals surface area contributed by atoms with Crippen molar-refractivity contribution >= 4 is 5.82 Å². The lowest BCUT2D eigenvalue weighted by Gasteiger charge is -2.21. The second-order valence-electron chi connectivity index (χ2n) is 6.03. The molecule has 3 heteroatoms. The minimum Gasteiger partial charge on any atom is -0.356 e. The van der Waals surface area contributed by atoms with Gasteiger partial charge in [0.1, 0.15) is 5.82 Å². The van der Waals surface area contributed by atoms with Crippen molar-refractivity contribution in [3.05, 3.63) is 23.4 Å². The van der Waals surface area contributed by atoms with Crippen LogP contribution in [0, 0.1) is 12.3 Å². The molecule has 0 radical (unpaired) electrons. The van der Waals surface area contributed by atoms with E-state index in [9.17, 15) is 0 Å². The molecule has 0 bridgehead atoms. The van der Waals surface area contributed by atoms with Gasteiger partial charge >= 0.3 is 0 Å². The predicted molar refractivity (Wildman–Crippen MR) is 77.0 cm³/mol. The lowest BCUT2D eigenvalue weighted by molar-refractivity contribution is 0.418. The zero-order valence-corrected chi connectivity index (χ0v) is 12.1. The topological polar surface area (TPSA) is 28.2 Å². The van der Waals surface area contributed by atoms with Gasteiger partial charge < -0.3 is 10.2 Å². The summed E-state index contributed by atoms with van der Waals surface area (Å²) < 4.78 is 0. The predicted octanol–water partition coefficient (Wildman–Crippen LogP) is 2.74. The summed E-state index contributed by atoms with van der Waals surface area (Å²) in [4.78, 5) is 7.17. The number of aryl methyl sites for hydroxylation is 1. The molecule has 0 unspecified atom stereocenters. The molecule has 0 amide bonds. The molecule has 1 N–H and O–H groups in total. The molecule has 3 nitrogen and oxygen atoms in total. The molecule has 100 valence electrons. The van der Waals surface area contributed by atoms with Crippen molar-refractivity contribution in [2.75, 3.05) is 24.5 Å². The number of nitrogens with one attached hydrogen (secondary N) is 1. The third kappa shape index (κ3) is 3.02. The fourth-order valence-corrected chi connectivity index (χ4v) is 2.51. The maximum absolute atomic E-state index is 4.76. The third-order valence-electron chi connectivity index (χ3n) is 3.75. The number of nitrogens with zero attached hydrogens (tertiary/aromatic N) is 2. The van der Waals surface area contributed by atoms with E-state index in [1.165, 1.54) is 12.0 Å². The van der Waals surface area contributed by atoms with Gasteiger partial charge in [0.05, 0.1) is 0 Å². The molecule has 0 spiro atoms. The molecule has 1 fully saturated rings. The van der Waals surface area contributed by atoms with E-state index in [1.54, 1.807) is 0 Å². The highest BCUT2D eigenvalue weighted by atomic mass is 15.2. The Balaban J connectivity index is 2.09. The normalized spacial score (nSPS) is 18.3. The van der Waals surface area contributed by atoms with E-state index in [0.29, 0.717) is 5.41 Å². The quantitative estimate of drug-likeness (QED) is 0.886. The molecule has 1 aliphatic rings. The van der Waals surface area contributed by atoms with Crippen LogP contribution in [-0.4, -0.2) is 24.6 Å². The standard InChI is InChI=1S/C15H25N3/c1-5-16-10-13-6-7-14(17-12(13)2)18-9-8-15(3,4)11-18/h6-7,16H,5,8-11H2,1-4H3. The average Bonchev–Trinajstić information content (AvgIpc) is 2.68. The van der Waals surface area contributed by atoms with Crippen LogP contribution in [0.25, 0.3) is 0 Å².